The smallest absolute Gasteiger partial charge is 0.307 e. The molecule has 1 fully saturated rings. The summed E-state index contributed by atoms with van der Waals surface area (Å²) in [5.41, 5.74) is 0.794. The number of carbonyl (C=O) groups excluding carboxylic acids is 1. The summed E-state index contributed by atoms with van der Waals surface area (Å²) in [6.07, 6.45) is 2.92. The topological polar surface area (TPSA) is 66.4 Å². The van der Waals surface area contributed by atoms with Gasteiger partial charge in [0.15, 0.2) is 0 Å². The predicted octanol–water partition coefficient (Wildman–Crippen LogP) is 2.33. The molecule has 20 heavy (non-hydrogen) atoms. The SMILES string of the molecule is O=C(O)[C@@H]1CCCC[C@H]1C(=O)NCc1ccc(F)cc1. The van der Waals surface area contributed by atoms with E-state index in [4.69, 9.17) is 5.11 Å². The summed E-state index contributed by atoms with van der Waals surface area (Å²) in [5.74, 6) is -2.48. The summed E-state index contributed by atoms with van der Waals surface area (Å²) in [6.45, 7) is 0.294. The highest BCUT2D eigenvalue weighted by Gasteiger charge is 2.35. The molecule has 0 saturated heterocycles. The normalized spacial score (nSPS) is 22.2. The Bertz CT molecular complexity index is 486. The third-order valence-corrected chi connectivity index (χ3v) is 3.80. The van der Waals surface area contributed by atoms with Crippen LogP contribution in [-0.2, 0) is 16.1 Å². The zero-order valence-corrected chi connectivity index (χ0v) is 11.1. The van der Waals surface area contributed by atoms with Gasteiger partial charge in [-0.15, -0.1) is 0 Å². The van der Waals surface area contributed by atoms with E-state index < -0.39 is 17.8 Å². The van der Waals surface area contributed by atoms with Crippen LogP contribution in [0.15, 0.2) is 24.3 Å². The second kappa shape index (κ2) is 6.50. The summed E-state index contributed by atoms with van der Waals surface area (Å²) in [4.78, 5) is 23.3. The molecule has 1 aromatic carbocycles. The number of hydrogen-bond donors (Lipinski definition) is 2. The summed E-state index contributed by atoms with van der Waals surface area (Å²) in [6, 6.07) is 5.88. The molecule has 5 heteroatoms. The first-order chi connectivity index (χ1) is 9.58. The molecule has 0 spiro atoms. The maximum atomic E-state index is 12.8. The van der Waals surface area contributed by atoms with Gasteiger partial charge in [0.25, 0.3) is 0 Å². The van der Waals surface area contributed by atoms with Crippen LogP contribution in [0, 0.1) is 17.7 Å². The summed E-state index contributed by atoms with van der Waals surface area (Å²) in [7, 11) is 0. The average molecular weight is 279 g/mol. The van der Waals surface area contributed by atoms with Gasteiger partial charge in [-0.05, 0) is 30.5 Å². The third kappa shape index (κ3) is 3.56. The first-order valence-corrected chi connectivity index (χ1v) is 6.83. The van der Waals surface area contributed by atoms with Crippen molar-refractivity contribution >= 4 is 11.9 Å². The Morgan fingerprint density at radius 1 is 1.15 bits per heavy atom. The van der Waals surface area contributed by atoms with Gasteiger partial charge in [-0.3, -0.25) is 9.59 Å². The van der Waals surface area contributed by atoms with Gasteiger partial charge in [-0.25, -0.2) is 4.39 Å². The van der Waals surface area contributed by atoms with Crippen LogP contribution in [0.1, 0.15) is 31.2 Å². The van der Waals surface area contributed by atoms with Crippen molar-refractivity contribution in [2.24, 2.45) is 11.8 Å². The summed E-state index contributed by atoms with van der Waals surface area (Å²) >= 11 is 0. The number of amides is 1. The van der Waals surface area contributed by atoms with Crippen LogP contribution in [0.4, 0.5) is 4.39 Å². The monoisotopic (exact) mass is 279 g/mol. The third-order valence-electron chi connectivity index (χ3n) is 3.80. The van der Waals surface area contributed by atoms with Gasteiger partial charge in [0.05, 0.1) is 11.8 Å². The molecule has 0 bridgehead atoms. The lowest BCUT2D eigenvalue weighted by Gasteiger charge is -2.27. The molecule has 2 rings (SSSR count). The van der Waals surface area contributed by atoms with Crippen LogP contribution in [0.25, 0.3) is 0 Å². The van der Waals surface area contributed by atoms with Crippen LogP contribution in [0.3, 0.4) is 0 Å². The van der Waals surface area contributed by atoms with Gasteiger partial charge < -0.3 is 10.4 Å². The molecule has 1 amide bonds. The van der Waals surface area contributed by atoms with Gasteiger partial charge in [0.1, 0.15) is 5.82 Å². The summed E-state index contributed by atoms with van der Waals surface area (Å²) < 4.78 is 12.8. The molecule has 0 aliphatic heterocycles. The molecule has 4 nitrogen and oxygen atoms in total. The number of carboxylic acids is 1. The molecule has 1 aliphatic carbocycles. The highest BCUT2D eigenvalue weighted by atomic mass is 19.1. The lowest BCUT2D eigenvalue weighted by Crippen LogP contribution is -2.39. The lowest BCUT2D eigenvalue weighted by molar-refractivity contribution is -0.148. The number of carboxylic acid groups (broad SMARTS) is 1. The van der Waals surface area contributed by atoms with Crippen LogP contribution in [0.5, 0.6) is 0 Å². The van der Waals surface area contributed by atoms with E-state index in [1.807, 2.05) is 0 Å². The Kier molecular flexibility index (Phi) is 4.71. The van der Waals surface area contributed by atoms with E-state index in [-0.39, 0.29) is 11.7 Å². The Balaban J connectivity index is 1.93. The predicted molar refractivity (Wildman–Crippen MR) is 71.3 cm³/mol. The number of halogens is 1. The number of aliphatic carboxylic acids is 1. The highest BCUT2D eigenvalue weighted by molar-refractivity contribution is 5.84. The molecule has 0 radical (unpaired) electrons. The van der Waals surface area contributed by atoms with Gasteiger partial charge in [-0.1, -0.05) is 25.0 Å². The van der Waals surface area contributed by atoms with Gasteiger partial charge in [0.2, 0.25) is 5.91 Å². The van der Waals surface area contributed by atoms with E-state index in [0.717, 1.165) is 18.4 Å². The molecule has 0 aromatic heterocycles. The largest absolute Gasteiger partial charge is 0.481 e. The molecule has 108 valence electrons. The molecule has 1 aliphatic rings. The first kappa shape index (κ1) is 14.5. The molecule has 1 saturated carbocycles. The van der Waals surface area contributed by atoms with Crippen LogP contribution >= 0.6 is 0 Å². The Morgan fingerprint density at radius 3 is 2.35 bits per heavy atom. The first-order valence-electron chi connectivity index (χ1n) is 6.83. The van der Waals surface area contributed by atoms with E-state index in [0.29, 0.717) is 19.4 Å². The number of rotatable bonds is 4. The lowest BCUT2D eigenvalue weighted by atomic mass is 9.78. The molecule has 1 aromatic rings. The van der Waals surface area contributed by atoms with Crippen molar-refractivity contribution in [1.29, 1.82) is 0 Å². The van der Waals surface area contributed by atoms with Crippen molar-refractivity contribution in [2.45, 2.75) is 32.2 Å². The minimum Gasteiger partial charge on any atom is -0.481 e. The molecule has 0 heterocycles. The maximum absolute atomic E-state index is 12.8. The van der Waals surface area contributed by atoms with Crippen molar-refractivity contribution in [3.8, 4) is 0 Å². The van der Waals surface area contributed by atoms with Gasteiger partial charge in [-0.2, -0.15) is 0 Å². The zero-order valence-electron chi connectivity index (χ0n) is 11.1. The number of nitrogens with one attached hydrogen (secondary N) is 1. The Morgan fingerprint density at radius 2 is 1.75 bits per heavy atom. The van der Waals surface area contributed by atoms with Crippen molar-refractivity contribution in [2.75, 3.05) is 0 Å². The van der Waals surface area contributed by atoms with Crippen molar-refractivity contribution in [3.05, 3.63) is 35.6 Å². The van der Waals surface area contributed by atoms with Gasteiger partial charge in [0, 0.05) is 6.54 Å². The molecule has 2 N–H and O–H groups in total. The van der Waals surface area contributed by atoms with E-state index in [9.17, 15) is 14.0 Å². The van der Waals surface area contributed by atoms with Gasteiger partial charge >= 0.3 is 5.97 Å². The highest BCUT2D eigenvalue weighted by Crippen LogP contribution is 2.30. The molecular weight excluding hydrogens is 261 g/mol. The van der Waals surface area contributed by atoms with E-state index in [1.165, 1.54) is 12.1 Å². The second-order valence-electron chi connectivity index (χ2n) is 5.18. The van der Waals surface area contributed by atoms with E-state index in [2.05, 4.69) is 5.32 Å². The Hall–Kier alpha value is -1.91. The molecule has 2 atom stereocenters. The molecule has 0 unspecified atom stereocenters. The minimum absolute atomic E-state index is 0.221. The minimum atomic E-state index is -0.897. The van der Waals surface area contributed by atoms with Crippen LogP contribution in [0.2, 0.25) is 0 Å². The number of carbonyl (C=O) groups is 2. The number of benzene rings is 1. The van der Waals surface area contributed by atoms with Crippen molar-refractivity contribution in [3.63, 3.8) is 0 Å². The van der Waals surface area contributed by atoms with Crippen LogP contribution < -0.4 is 5.32 Å². The summed E-state index contributed by atoms with van der Waals surface area (Å²) in [5, 5.41) is 11.9. The van der Waals surface area contributed by atoms with E-state index >= 15 is 0 Å². The maximum Gasteiger partial charge on any atom is 0.307 e. The fraction of sp³-hybridized carbons (Fsp3) is 0.467. The quantitative estimate of drug-likeness (QED) is 0.889. The van der Waals surface area contributed by atoms with Crippen molar-refractivity contribution in [1.82, 2.24) is 5.32 Å². The van der Waals surface area contributed by atoms with E-state index in [1.54, 1.807) is 12.1 Å². The van der Waals surface area contributed by atoms with Crippen LogP contribution in [-0.4, -0.2) is 17.0 Å². The fourth-order valence-corrected chi connectivity index (χ4v) is 2.66. The fourth-order valence-electron chi connectivity index (χ4n) is 2.66. The standard InChI is InChI=1S/C15H18FNO3/c16-11-7-5-10(6-8-11)9-17-14(18)12-3-1-2-4-13(12)15(19)20/h5-8,12-13H,1-4,9H2,(H,17,18)(H,19,20)/t12-,13-/m1/s1. The van der Waals surface area contributed by atoms with Crippen molar-refractivity contribution < 1.29 is 19.1 Å². The molecular formula is C15H18FNO3. The number of hydrogen-bond acceptors (Lipinski definition) is 2. The average Bonchev–Trinajstić information content (AvgIpc) is 2.46. The second-order valence-corrected chi connectivity index (χ2v) is 5.18. The Labute approximate surface area is 117 Å². The zero-order chi connectivity index (χ0) is 14.5.